The molecule has 0 atom stereocenters. The summed E-state index contributed by atoms with van der Waals surface area (Å²) in [5.74, 6) is -1.06. The largest absolute Gasteiger partial charge is 0.368 e. The predicted molar refractivity (Wildman–Crippen MR) is 38.0 cm³/mol. The molecule has 64 valence electrons. The summed E-state index contributed by atoms with van der Waals surface area (Å²) >= 11 is 0. The van der Waals surface area contributed by atoms with Gasteiger partial charge in [0.25, 0.3) is 5.91 Å². The smallest absolute Gasteiger partial charge is 0.290 e. The Hall–Kier alpha value is -1.85. The molecule has 0 radical (unpaired) electrons. The number of hydrogen-bond donors (Lipinski definition) is 2. The lowest BCUT2D eigenvalue weighted by Crippen LogP contribution is -2.33. The Bertz CT molecular complexity index is 280. The van der Waals surface area contributed by atoms with Crippen molar-refractivity contribution < 1.29 is 14.1 Å². The maximum Gasteiger partial charge on any atom is 0.290 e. The molecule has 0 aliphatic heterocycles. The summed E-state index contributed by atoms with van der Waals surface area (Å²) in [5, 5.41) is 5.56. The highest BCUT2D eigenvalue weighted by Gasteiger charge is 2.08. The van der Waals surface area contributed by atoms with Crippen molar-refractivity contribution in [1.82, 2.24) is 10.5 Å². The third kappa shape index (κ3) is 2.08. The molecule has 0 bridgehead atoms. The Morgan fingerprint density at radius 2 is 2.42 bits per heavy atom. The Labute approximate surface area is 67.7 Å². The molecule has 0 saturated heterocycles. The van der Waals surface area contributed by atoms with E-state index < -0.39 is 11.8 Å². The van der Waals surface area contributed by atoms with Gasteiger partial charge in [0.1, 0.15) is 0 Å². The average molecular weight is 169 g/mol. The zero-order valence-corrected chi connectivity index (χ0v) is 6.11. The van der Waals surface area contributed by atoms with Gasteiger partial charge in [-0.15, -0.1) is 0 Å². The molecule has 1 aromatic heterocycles. The first-order chi connectivity index (χ1) is 5.70. The molecule has 0 unspecified atom stereocenters. The highest BCUT2D eigenvalue weighted by molar-refractivity contribution is 5.93. The number of carbonyl (C=O) groups excluding carboxylic acids is 2. The van der Waals surface area contributed by atoms with Crippen molar-refractivity contribution >= 4 is 11.8 Å². The van der Waals surface area contributed by atoms with Crippen LogP contribution in [-0.2, 0) is 4.79 Å². The lowest BCUT2D eigenvalue weighted by atomic mass is 10.4. The second-order valence-corrected chi connectivity index (χ2v) is 2.03. The van der Waals surface area contributed by atoms with E-state index in [0.29, 0.717) is 0 Å². The third-order valence-corrected chi connectivity index (χ3v) is 1.08. The number of nitrogens with one attached hydrogen (secondary N) is 1. The number of hydrogen-bond acceptors (Lipinski definition) is 4. The number of primary amides is 1. The molecule has 0 saturated carbocycles. The second-order valence-electron chi connectivity index (χ2n) is 2.03. The Kier molecular flexibility index (Phi) is 2.42. The maximum atomic E-state index is 11.0. The zero-order chi connectivity index (χ0) is 8.97. The molecule has 6 heteroatoms. The lowest BCUT2D eigenvalue weighted by Gasteiger charge is -1.96. The summed E-state index contributed by atoms with van der Waals surface area (Å²) in [6.07, 6.45) is 1.33. The van der Waals surface area contributed by atoms with Crippen LogP contribution in [0.5, 0.6) is 0 Å². The quantitative estimate of drug-likeness (QED) is 0.599. The molecule has 3 N–H and O–H groups in total. The van der Waals surface area contributed by atoms with Gasteiger partial charge in [-0.25, -0.2) is 0 Å². The summed E-state index contributed by atoms with van der Waals surface area (Å²) in [7, 11) is 0. The molecule has 6 nitrogen and oxygen atoms in total. The lowest BCUT2D eigenvalue weighted by molar-refractivity contribution is -0.117. The first kappa shape index (κ1) is 8.25. The molecule has 0 aliphatic carbocycles. The van der Waals surface area contributed by atoms with Crippen LogP contribution in [0.1, 0.15) is 10.6 Å². The first-order valence-corrected chi connectivity index (χ1v) is 3.17. The molecule has 0 aliphatic rings. The van der Waals surface area contributed by atoms with Crippen LogP contribution in [0.15, 0.2) is 16.8 Å². The fourth-order valence-corrected chi connectivity index (χ4v) is 0.587. The van der Waals surface area contributed by atoms with Crippen molar-refractivity contribution in [2.75, 3.05) is 6.54 Å². The van der Waals surface area contributed by atoms with Crippen LogP contribution in [0.2, 0.25) is 0 Å². The van der Waals surface area contributed by atoms with Gasteiger partial charge in [0, 0.05) is 6.07 Å². The first-order valence-electron chi connectivity index (χ1n) is 3.17. The van der Waals surface area contributed by atoms with E-state index in [0.717, 1.165) is 0 Å². The number of aromatic nitrogens is 1. The molecule has 1 aromatic rings. The van der Waals surface area contributed by atoms with E-state index >= 15 is 0 Å². The summed E-state index contributed by atoms with van der Waals surface area (Å²) < 4.78 is 4.51. The van der Waals surface area contributed by atoms with Crippen LogP contribution >= 0.6 is 0 Å². The van der Waals surface area contributed by atoms with Crippen molar-refractivity contribution in [2.24, 2.45) is 5.73 Å². The standard InChI is InChI=1S/C6H7N3O3/c7-5(10)3-8-6(11)4-1-2-9-12-4/h1-2H,3H2,(H2,7,10)(H,8,11). The van der Waals surface area contributed by atoms with E-state index in [1.807, 2.05) is 0 Å². The fraction of sp³-hybridized carbons (Fsp3) is 0.167. The maximum absolute atomic E-state index is 11.0. The third-order valence-electron chi connectivity index (χ3n) is 1.08. The van der Waals surface area contributed by atoms with E-state index in [1.54, 1.807) is 0 Å². The van der Waals surface area contributed by atoms with Crippen molar-refractivity contribution in [2.45, 2.75) is 0 Å². The number of nitrogens with two attached hydrogens (primary N) is 1. The summed E-state index contributed by atoms with van der Waals surface area (Å²) in [6.45, 7) is -0.209. The van der Waals surface area contributed by atoms with Gasteiger partial charge in [0.05, 0.1) is 12.7 Å². The average Bonchev–Trinajstić information content (AvgIpc) is 2.51. The SMILES string of the molecule is NC(=O)CNC(=O)c1ccno1. The van der Waals surface area contributed by atoms with Crippen molar-refractivity contribution in [3.8, 4) is 0 Å². The summed E-state index contributed by atoms with van der Waals surface area (Å²) in [4.78, 5) is 21.2. The molecule has 1 rings (SSSR count). The highest BCUT2D eigenvalue weighted by atomic mass is 16.5. The molecular formula is C6H7N3O3. The minimum absolute atomic E-state index is 0.0521. The van der Waals surface area contributed by atoms with Crippen molar-refractivity contribution in [1.29, 1.82) is 0 Å². The highest BCUT2D eigenvalue weighted by Crippen LogP contribution is 1.94. The van der Waals surface area contributed by atoms with Crippen LogP contribution in [-0.4, -0.2) is 23.5 Å². The number of rotatable bonds is 3. The summed E-state index contributed by atoms with van der Waals surface area (Å²) in [6, 6.07) is 1.39. The van der Waals surface area contributed by atoms with Crippen LogP contribution in [0, 0.1) is 0 Å². The second kappa shape index (κ2) is 3.51. The fourth-order valence-electron chi connectivity index (χ4n) is 0.587. The molecule has 0 aromatic carbocycles. The Morgan fingerprint density at radius 1 is 1.67 bits per heavy atom. The molecular weight excluding hydrogens is 162 g/mol. The monoisotopic (exact) mass is 169 g/mol. The molecule has 0 fully saturated rings. The van der Waals surface area contributed by atoms with Crippen LogP contribution < -0.4 is 11.1 Å². The van der Waals surface area contributed by atoms with E-state index in [2.05, 4.69) is 15.0 Å². The topological polar surface area (TPSA) is 98.2 Å². The predicted octanol–water partition coefficient (Wildman–Crippen LogP) is -1.11. The van der Waals surface area contributed by atoms with Gasteiger partial charge in [-0.2, -0.15) is 0 Å². The number of amides is 2. The molecule has 2 amide bonds. The number of carbonyl (C=O) groups is 2. The van der Waals surface area contributed by atoms with E-state index in [9.17, 15) is 9.59 Å². The zero-order valence-electron chi connectivity index (χ0n) is 6.11. The van der Waals surface area contributed by atoms with Crippen LogP contribution in [0.4, 0.5) is 0 Å². The molecule has 0 spiro atoms. The van der Waals surface area contributed by atoms with E-state index in [4.69, 9.17) is 5.73 Å². The van der Waals surface area contributed by atoms with Gasteiger partial charge in [-0.1, -0.05) is 5.16 Å². The van der Waals surface area contributed by atoms with Gasteiger partial charge in [0.2, 0.25) is 11.7 Å². The van der Waals surface area contributed by atoms with Gasteiger partial charge in [0.15, 0.2) is 0 Å². The molecule has 1 heterocycles. The van der Waals surface area contributed by atoms with Gasteiger partial charge in [-0.3, -0.25) is 9.59 Å². The Balaban J connectivity index is 2.45. The van der Waals surface area contributed by atoms with Crippen molar-refractivity contribution in [3.05, 3.63) is 18.0 Å². The normalized spacial score (nSPS) is 9.33. The van der Waals surface area contributed by atoms with Crippen molar-refractivity contribution in [3.63, 3.8) is 0 Å². The van der Waals surface area contributed by atoms with Gasteiger partial charge < -0.3 is 15.6 Å². The van der Waals surface area contributed by atoms with Crippen LogP contribution in [0.25, 0.3) is 0 Å². The van der Waals surface area contributed by atoms with Gasteiger partial charge in [-0.05, 0) is 0 Å². The van der Waals surface area contributed by atoms with E-state index in [1.165, 1.54) is 12.3 Å². The van der Waals surface area contributed by atoms with E-state index in [-0.39, 0.29) is 12.3 Å². The Morgan fingerprint density at radius 3 is 2.92 bits per heavy atom. The minimum Gasteiger partial charge on any atom is -0.368 e. The molecule has 12 heavy (non-hydrogen) atoms. The number of nitrogens with zero attached hydrogens (tertiary/aromatic N) is 1. The van der Waals surface area contributed by atoms with Gasteiger partial charge >= 0.3 is 0 Å². The summed E-state index contributed by atoms with van der Waals surface area (Å²) in [5.41, 5.74) is 4.79. The minimum atomic E-state index is -0.608. The van der Waals surface area contributed by atoms with Crippen LogP contribution in [0.3, 0.4) is 0 Å².